The van der Waals surface area contributed by atoms with Crippen LogP contribution in [0.1, 0.15) is 19.8 Å². The minimum Gasteiger partial charge on any atom is -0.469 e. The van der Waals surface area contributed by atoms with Crippen molar-refractivity contribution in [3.05, 3.63) is 11.6 Å². The minimum absolute atomic E-state index is 0.100. The lowest BCUT2D eigenvalue weighted by molar-refractivity contribution is -0.139. The Bertz CT molecular complexity index is 234. The van der Waals surface area contributed by atoms with Gasteiger partial charge in [-0.3, -0.25) is 9.59 Å². The third-order valence-electron chi connectivity index (χ3n) is 1.78. The predicted octanol–water partition coefficient (Wildman–Crippen LogP) is 1.82. The van der Waals surface area contributed by atoms with E-state index < -0.39 is 0 Å². The highest BCUT2D eigenvalue weighted by Gasteiger charge is 2.04. The third-order valence-corrected chi connectivity index (χ3v) is 2.39. The molecule has 0 radical (unpaired) electrons. The molecule has 0 saturated carbocycles. The normalized spacial score (nSPS) is 11.2. The van der Waals surface area contributed by atoms with Crippen LogP contribution in [0.25, 0.3) is 0 Å². The van der Waals surface area contributed by atoms with Crippen LogP contribution in [0.3, 0.4) is 0 Å². The molecule has 0 atom stereocenters. The monoisotopic (exact) mass is 216 g/mol. The van der Waals surface area contributed by atoms with Gasteiger partial charge in [0.2, 0.25) is 0 Å². The molecule has 0 heterocycles. The van der Waals surface area contributed by atoms with Crippen molar-refractivity contribution in [3.8, 4) is 0 Å². The van der Waals surface area contributed by atoms with E-state index in [-0.39, 0.29) is 18.2 Å². The van der Waals surface area contributed by atoms with E-state index in [1.54, 1.807) is 24.8 Å². The quantitative estimate of drug-likeness (QED) is 0.502. The lowest BCUT2D eigenvalue weighted by Gasteiger charge is -1.99. The summed E-state index contributed by atoms with van der Waals surface area (Å²) in [5.74, 6) is 0.604. The van der Waals surface area contributed by atoms with Crippen molar-refractivity contribution >= 4 is 23.5 Å². The molecule has 0 aliphatic rings. The van der Waals surface area contributed by atoms with Crippen LogP contribution in [0.4, 0.5) is 0 Å². The first-order chi connectivity index (χ1) is 6.61. The molecule has 0 bridgehead atoms. The van der Waals surface area contributed by atoms with Crippen LogP contribution in [0.5, 0.6) is 0 Å². The molecule has 0 fully saturated rings. The van der Waals surface area contributed by atoms with Crippen molar-refractivity contribution in [2.75, 3.05) is 19.1 Å². The van der Waals surface area contributed by atoms with Gasteiger partial charge in [0.05, 0.1) is 13.5 Å². The molecule has 0 aromatic heterocycles. The van der Waals surface area contributed by atoms with Gasteiger partial charge in [-0.1, -0.05) is 6.08 Å². The Labute approximate surface area is 88.9 Å². The van der Waals surface area contributed by atoms with E-state index in [0.717, 1.165) is 5.75 Å². The second-order valence-corrected chi connectivity index (χ2v) is 3.82. The van der Waals surface area contributed by atoms with Crippen molar-refractivity contribution in [1.82, 2.24) is 0 Å². The van der Waals surface area contributed by atoms with Gasteiger partial charge in [-0.2, -0.15) is 11.8 Å². The number of Topliss-reactive ketones (excluding diaryl/α,β-unsaturated/α-hetero) is 1. The molecule has 14 heavy (non-hydrogen) atoms. The summed E-state index contributed by atoms with van der Waals surface area (Å²) in [5, 5.41) is 0. The largest absolute Gasteiger partial charge is 0.469 e. The summed E-state index contributed by atoms with van der Waals surface area (Å²) in [4.78, 5) is 22.1. The van der Waals surface area contributed by atoms with Crippen molar-refractivity contribution in [2.24, 2.45) is 0 Å². The first-order valence-corrected chi connectivity index (χ1v) is 5.77. The lowest BCUT2D eigenvalue weighted by Crippen LogP contribution is -2.03. The number of ketones is 1. The average Bonchev–Trinajstić information content (AvgIpc) is 2.21. The maximum Gasteiger partial charge on any atom is 0.309 e. The van der Waals surface area contributed by atoms with Gasteiger partial charge in [-0.15, -0.1) is 0 Å². The molecule has 0 spiro atoms. The van der Waals surface area contributed by atoms with Gasteiger partial charge in [-0.25, -0.2) is 0 Å². The van der Waals surface area contributed by atoms with E-state index in [2.05, 4.69) is 4.74 Å². The number of methoxy groups -OCH3 is 1. The van der Waals surface area contributed by atoms with Gasteiger partial charge in [-0.05, 0) is 18.8 Å². The smallest absolute Gasteiger partial charge is 0.309 e. The Morgan fingerprint density at radius 1 is 1.43 bits per heavy atom. The van der Waals surface area contributed by atoms with Crippen LogP contribution in [0.15, 0.2) is 11.6 Å². The molecule has 0 amide bonds. The Balaban J connectivity index is 3.97. The summed E-state index contributed by atoms with van der Waals surface area (Å²) >= 11 is 1.64. The molecule has 0 rings (SSSR count). The number of ether oxygens (including phenoxy) is 1. The highest BCUT2D eigenvalue weighted by atomic mass is 32.2. The first-order valence-electron chi connectivity index (χ1n) is 4.37. The van der Waals surface area contributed by atoms with Crippen LogP contribution >= 0.6 is 11.8 Å². The summed E-state index contributed by atoms with van der Waals surface area (Å²) in [6.45, 7) is 1.73. The molecular formula is C10H16O3S. The van der Waals surface area contributed by atoms with Gasteiger partial charge < -0.3 is 4.74 Å². The number of rotatable bonds is 6. The van der Waals surface area contributed by atoms with E-state index in [1.165, 1.54) is 7.11 Å². The van der Waals surface area contributed by atoms with Crippen molar-refractivity contribution in [1.29, 1.82) is 0 Å². The van der Waals surface area contributed by atoms with Gasteiger partial charge in [0.1, 0.15) is 0 Å². The Kier molecular flexibility index (Phi) is 7.20. The number of carbonyl (C=O) groups is 2. The molecule has 0 aromatic rings. The van der Waals surface area contributed by atoms with Crippen LogP contribution in [-0.2, 0) is 14.3 Å². The second-order valence-electron chi connectivity index (χ2n) is 2.83. The van der Waals surface area contributed by atoms with Crippen molar-refractivity contribution < 1.29 is 14.3 Å². The number of esters is 1. The molecule has 0 aliphatic carbocycles. The summed E-state index contributed by atoms with van der Waals surface area (Å²) < 4.78 is 4.46. The standard InChI is InChI=1S/C10H16O3S/c1-8(4-5-10(12)13-2)9(11)6-7-14-3/h4H,5-7H2,1-3H3/b8-4+. The van der Waals surface area contributed by atoms with Gasteiger partial charge in [0, 0.05) is 12.2 Å². The zero-order chi connectivity index (χ0) is 11.0. The molecule has 80 valence electrons. The second kappa shape index (κ2) is 7.62. The van der Waals surface area contributed by atoms with Crippen molar-refractivity contribution in [3.63, 3.8) is 0 Å². The Morgan fingerprint density at radius 3 is 2.57 bits per heavy atom. The summed E-state index contributed by atoms with van der Waals surface area (Å²) in [7, 11) is 1.33. The lowest BCUT2D eigenvalue weighted by atomic mass is 10.1. The molecular weight excluding hydrogens is 200 g/mol. The number of hydrogen-bond acceptors (Lipinski definition) is 4. The first kappa shape index (κ1) is 13.2. The highest BCUT2D eigenvalue weighted by Crippen LogP contribution is 2.05. The summed E-state index contributed by atoms with van der Waals surface area (Å²) in [6, 6.07) is 0. The minimum atomic E-state index is -0.318. The van der Waals surface area contributed by atoms with E-state index in [0.29, 0.717) is 12.0 Å². The fourth-order valence-electron chi connectivity index (χ4n) is 0.826. The van der Waals surface area contributed by atoms with Gasteiger partial charge in [0.25, 0.3) is 0 Å². The van der Waals surface area contributed by atoms with Crippen LogP contribution in [-0.4, -0.2) is 30.9 Å². The van der Waals surface area contributed by atoms with E-state index in [1.807, 2.05) is 6.26 Å². The Morgan fingerprint density at radius 2 is 2.07 bits per heavy atom. The van der Waals surface area contributed by atoms with Crippen molar-refractivity contribution in [2.45, 2.75) is 19.8 Å². The topological polar surface area (TPSA) is 43.4 Å². The number of thioether (sulfide) groups is 1. The molecule has 4 heteroatoms. The van der Waals surface area contributed by atoms with Gasteiger partial charge >= 0.3 is 5.97 Å². The number of carbonyl (C=O) groups excluding carboxylic acids is 2. The number of allylic oxidation sites excluding steroid dienone is 1. The highest BCUT2D eigenvalue weighted by molar-refractivity contribution is 7.98. The molecule has 0 aromatic carbocycles. The van der Waals surface area contributed by atoms with Gasteiger partial charge in [0.15, 0.2) is 5.78 Å². The van der Waals surface area contributed by atoms with E-state index >= 15 is 0 Å². The maximum absolute atomic E-state index is 11.4. The summed E-state index contributed by atoms with van der Waals surface area (Å²) in [6.07, 6.45) is 4.29. The van der Waals surface area contributed by atoms with E-state index in [9.17, 15) is 9.59 Å². The van der Waals surface area contributed by atoms with Crippen LogP contribution in [0, 0.1) is 0 Å². The van der Waals surface area contributed by atoms with Crippen LogP contribution < -0.4 is 0 Å². The van der Waals surface area contributed by atoms with E-state index in [4.69, 9.17) is 0 Å². The SMILES string of the molecule is COC(=O)C/C=C(\C)C(=O)CCSC. The fourth-order valence-corrected chi connectivity index (χ4v) is 1.22. The zero-order valence-corrected chi connectivity index (χ0v) is 9.65. The molecule has 0 aliphatic heterocycles. The fraction of sp³-hybridized carbons (Fsp3) is 0.600. The predicted molar refractivity (Wildman–Crippen MR) is 58.4 cm³/mol. The van der Waals surface area contributed by atoms with Crippen LogP contribution in [0.2, 0.25) is 0 Å². The molecule has 0 saturated heterocycles. The Hall–Kier alpha value is -0.770. The average molecular weight is 216 g/mol. The molecule has 0 unspecified atom stereocenters. The number of hydrogen-bond donors (Lipinski definition) is 0. The maximum atomic E-state index is 11.4. The molecule has 0 N–H and O–H groups in total. The third kappa shape index (κ3) is 5.80. The zero-order valence-electron chi connectivity index (χ0n) is 8.83. The molecule has 3 nitrogen and oxygen atoms in total. The summed E-state index contributed by atoms with van der Waals surface area (Å²) in [5.41, 5.74) is 0.643.